The normalized spacial score (nSPS) is 20.9. The van der Waals surface area contributed by atoms with E-state index in [9.17, 15) is 9.50 Å². The first-order valence-electron chi connectivity index (χ1n) is 7.00. The summed E-state index contributed by atoms with van der Waals surface area (Å²) in [5, 5.41) is 11.9. The lowest BCUT2D eigenvalue weighted by Crippen LogP contribution is -2.25. The summed E-state index contributed by atoms with van der Waals surface area (Å²) in [5.41, 5.74) is 1.82. The third kappa shape index (κ3) is 2.15. The number of aryl methyl sites for hydroxylation is 1. The lowest BCUT2D eigenvalue weighted by atomic mass is 9.92. The molecule has 0 saturated heterocycles. The summed E-state index contributed by atoms with van der Waals surface area (Å²) < 4.78 is 14.4. The van der Waals surface area contributed by atoms with Crippen LogP contribution in [-0.2, 0) is 18.4 Å². The summed E-state index contributed by atoms with van der Waals surface area (Å²) in [5.74, 6) is -0.238. The third-order valence-corrected chi connectivity index (χ3v) is 5.19. The van der Waals surface area contributed by atoms with Crippen molar-refractivity contribution in [3.8, 4) is 0 Å². The van der Waals surface area contributed by atoms with Gasteiger partial charge in [-0.2, -0.15) is 0 Å². The summed E-state index contributed by atoms with van der Waals surface area (Å²) in [6, 6.07) is 12.7. The molecule has 0 radical (unpaired) electrons. The van der Waals surface area contributed by atoms with Crippen LogP contribution in [-0.4, -0.2) is 10.1 Å². The van der Waals surface area contributed by atoms with E-state index in [-0.39, 0.29) is 5.82 Å². The fourth-order valence-electron chi connectivity index (χ4n) is 3.13. The largest absolute Gasteiger partial charge is 0.385 e. The summed E-state index contributed by atoms with van der Waals surface area (Å²) in [6.07, 6.45) is 1.83. The molecule has 0 amide bonds. The van der Waals surface area contributed by atoms with Crippen molar-refractivity contribution in [1.82, 2.24) is 4.98 Å². The number of aliphatic hydroxyl groups is 1. The van der Waals surface area contributed by atoms with Crippen molar-refractivity contribution < 1.29 is 9.50 Å². The number of rotatable bonds is 2. The van der Waals surface area contributed by atoms with Crippen LogP contribution in [0.1, 0.15) is 22.6 Å². The van der Waals surface area contributed by atoms with Crippen molar-refractivity contribution in [2.24, 2.45) is 0 Å². The van der Waals surface area contributed by atoms with Gasteiger partial charge in [0.15, 0.2) is 0 Å². The van der Waals surface area contributed by atoms with E-state index in [0.717, 1.165) is 26.4 Å². The molecular weight excluding hydrogens is 285 g/mol. The van der Waals surface area contributed by atoms with Crippen molar-refractivity contribution in [2.75, 3.05) is 0 Å². The average Bonchev–Trinajstić information content (AvgIpc) is 3.00. The molecule has 0 spiro atoms. The van der Waals surface area contributed by atoms with Gasteiger partial charge in [-0.1, -0.05) is 18.2 Å². The second-order valence-electron chi connectivity index (χ2n) is 5.59. The molecule has 4 heteroatoms. The maximum atomic E-state index is 13.3. The van der Waals surface area contributed by atoms with Gasteiger partial charge in [0.25, 0.3) is 0 Å². The van der Waals surface area contributed by atoms with Crippen LogP contribution in [0.25, 0.3) is 10.2 Å². The topological polar surface area (TPSA) is 33.1 Å². The van der Waals surface area contributed by atoms with Crippen LogP contribution >= 0.6 is 11.3 Å². The molecule has 4 rings (SSSR count). The maximum absolute atomic E-state index is 13.3. The number of benzene rings is 2. The Kier molecular flexibility index (Phi) is 2.84. The summed E-state index contributed by atoms with van der Waals surface area (Å²) >= 11 is 1.62. The quantitative estimate of drug-likeness (QED) is 0.780. The molecule has 106 valence electrons. The predicted molar refractivity (Wildman–Crippen MR) is 81.9 cm³/mol. The number of halogens is 1. The molecule has 1 aliphatic rings. The fraction of sp³-hybridized carbons (Fsp3) is 0.235. The van der Waals surface area contributed by atoms with E-state index in [4.69, 9.17) is 0 Å². The van der Waals surface area contributed by atoms with Gasteiger partial charge in [-0.25, -0.2) is 9.37 Å². The average molecular weight is 299 g/mol. The Hall–Kier alpha value is -1.78. The number of nitrogens with zero attached hydrogens (tertiary/aromatic N) is 1. The Morgan fingerprint density at radius 3 is 2.95 bits per heavy atom. The van der Waals surface area contributed by atoms with Crippen LogP contribution in [0, 0.1) is 5.82 Å². The number of hydrogen-bond donors (Lipinski definition) is 1. The highest BCUT2D eigenvalue weighted by Crippen LogP contribution is 2.40. The van der Waals surface area contributed by atoms with Gasteiger partial charge < -0.3 is 5.11 Å². The zero-order valence-electron chi connectivity index (χ0n) is 11.3. The molecule has 0 aliphatic heterocycles. The molecule has 1 N–H and O–H groups in total. The molecule has 1 heterocycles. The number of fused-ring (bicyclic) bond motifs is 2. The van der Waals surface area contributed by atoms with Gasteiger partial charge in [0.2, 0.25) is 0 Å². The molecule has 0 saturated carbocycles. The van der Waals surface area contributed by atoms with Crippen molar-refractivity contribution >= 4 is 21.6 Å². The predicted octanol–water partition coefficient (Wildman–Crippen LogP) is 3.81. The first kappa shape index (κ1) is 12.9. The smallest absolute Gasteiger partial charge is 0.123 e. The zero-order chi connectivity index (χ0) is 14.4. The maximum Gasteiger partial charge on any atom is 0.123 e. The van der Waals surface area contributed by atoms with Crippen LogP contribution < -0.4 is 0 Å². The fourth-order valence-corrected chi connectivity index (χ4v) is 4.20. The van der Waals surface area contributed by atoms with Gasteiger partial charge in [-0.3, -0.25) is 0 Å². The standard InChI is InChI=1S/C17H14FNOS/c18-12-5-6-13-11(9-12)7-8-17(13,20)10-16-19-14-3-1-2-4-15(14)21-16/h1-6,9,20H,7-8,10H2. The minimum Gasteiger partial charge on any atom is -0.385 e. The number of aromatic nitrogens is 1. The van der Waals surface area contributed by atoms with Gasteiger partial charge >= 0.3 is 0 Å². The summed E-state index contributed by atoms with van der Waals surface area (Å²) in [6.45, 7) is 0. The van der Waals surface area contributed by atoms with Gasteiger partial charge in [0.1, 0.15) is 5.82 Å². The number of para-hydroxylation sites is 1. The van der Waals surface area contributed by atoms with Crippen LogP contribution in [0.2, 0.25) is 0 Å². The molecule has 1 atom stereocenters. The number of thiazole rings is 1. The molecule has 1 aliphatic carbocycles. The minimum absolute atomic E-state index is 0.238. The molecule has 0 bridgehead atoms. The Labute approximate surface area is 125 Å². The van der Waals surface area contributed by atoms with E-state index < -0.39 is 5.60 Å². The van der Waals surface area contributed by atoms with E-state index in [1.807, 2.05) is 24.3 Å². The molecule has 21 heavy (non-hydrogen) atoms. The minimum atomic E-state index is -0.920. The van der Waals surface area contributed by atoms with Crippen molar-refractivity contribution in [3.63, 3.8) is 0 Å². The van der Waals surface area contributed by atoms with E-state index >= 15 is 0 Å². The molecule has 3 aromatic rings. The van der Waals surface area contributed by atoms with Crippen LogP contribution in [0.3, 0.4) is 0 Å². The van der Waals surface area contributed by atoms with E-state index in [0.29, 0.717) is 19.3 Å². The van der Waals surface area contributed by atoms with E-state index in [1.54, 1.807) is 17.4 Å². The number of hydrogen-bond acceptors (Lipinski definition) is 3. The highest BCUT2D eigenvalue weighted by molar-refractivity contribution is 7.18. The monoisotopic (exact) mass is 299 g/mol. The Balaban J connectivity index is 1.71. The van der Waals surface area contributed by atoms with Gasteiger partial charge in [-0.15, -0.1) is 11.3 Å². The molecule has 1 unspecified atom stereocenters. The lowest BCUT2D eigenvalue weighted by Gasteiger charge is -2.22. The van der Waals surface area contributed by atoms with Crippen molar-refractivity contribution in [3.05, 3.63) is 64.4 Å². The Morgan fingerprint density at radius 2 is 2.10 bits per heavy atom. The molecule has 0 fully saturated rings. The second-order valence-corrected chi connectivity index (χ2v) is 6.70. The van der Waals surface area contributed by atoms with E-state index in [1.165, 1.54) is 12.1 Å². The van der Waals surface area contributed by atoms with Crippen molar-refractivity contribution in [2.45, 2.75) is 24.9 Å². The van der Waals surface area contributed by atoms with Crippen LogP contribution in [0.4, 0.5) is 4.39 Å². The molecule has 2 nitrogen and oxygen atoms in total. The lowest BCUT2D eigenvalue weighted by molar-refractivity contribution is 0.0389. The first-order valence-corrected chi connectivity index (χ1v) is 7.81. The van der Waals surface area contributed by atoms with Gasteiger partial charge in [0, 0.05) is 6.42 Å². The highest BCUT2D eigenvalue weighted by atomic mass is 32.1. The van der Waals surface area contributed by atoms with E-state index in [2.05, 4.69) is 4.98 Å². The first-order chi connectivity index (χ1) is 10.1. The SMILES string of the molecule is OC1(Cc2nc3ccccc3s2)CCc2cc(F)ccc21. The molecule has 2 aromatic carbocycles. The van der Waals surface area contributed by atoms with Gasteiger partial charge in [0.05, 0.1) is 20.8 Å². The third-order valence-electron chi connectivity index (χ3n) is 4.16. The Bertz CT molecular complexity index is 796. The van der Waals surface area contributed by atoms with Crippen LogP contribution in [0.15, 0.2) is 42.5 Å². The Morgan fingerprint density at radius 1 is 1.24 bits per heavy atom. The summed E-state index contributed by atoms with van der Waals surface area (Å²) in [7, 11) is 0. The van der Waals surface area contributed by atoms with Crippen LogP contribution in [0.5, 0.6) is 0 Å². The van der Waals surface area contributed by atoms with Gasteiger partial charge in [-0.05, 0) is 48.2 Å². The summed E-state index contributed by atoms with van der Waals surface area (Å²) in [4.78, 5) is 4.60. The molecular formula is C17H14FNOS. The second kappa shape index (κ2) is 4.61. The van der Waals surface area contributed by atoms with Crippen molar-refractivity contribution in [1.29, 1.82) is 0 Å². The zero-order valence-corrected chi connectivity index (χ0v) is 12.2. The molecule has 1 aromatic heterocycles. The highest BCUT2D eigenvalue weighted by Gasteiger charge is 2.37.